The van der Waals surface area contributed by atoms with E-state index in [1.165, 1.54) is 11.6 Å². The number of aliphatic hydroxyl groups is 1. The van der Waals surface area contributed by atoms with Gasteiger partial charge in [-0.1, -0.05) is 17.7 Å². The van der Waals surface area contributed by atoms with Crippen LogP contribution in [0.4, 0.5) is 10.1 Å². The SMILES string of the molecule is CCOc1cccc(F)c1CN1CCN(C(=O)[C@H](N)C2CCN(CCc3cc(Cl)ccc3NC[C@@H]3CNC[C@H]3O)CC2)CC1. The van der Waals surface area contributed by atoms with E-state index in [2.05, 4.69) is 20.4 Å². The van der Waals surface area contributed by atoms with Gasteiger partial charge in [-0.2, -0.15) is 0 Å². The molecular formula is C33H48ClFN6O3. The molecule has 11 heteroatoms. The Bertz CT molecular complexity index is 1240. The van der Waals surface area contributed by atoms with Crippen LogP contribution in [-0.2, 0) is 17.8 Å². The second kappa shape index (κ2) is 15.7. The number of β-amino-alcohol motifs (C(OH)–C–C–N with tert-alkyl or cyclic N) is 1. The lowest BCUT2D eigenvalue weighted by molar-refractivity contribution is -0.136. The van der Waals surface area contributed by atoms with E-state index in [1.807, 2.05) is 30.0 Å². The van der Waals surface area contributed by atoms with E-state index in [9.17, 15) is 14.3 Å². The van der Waals surface area contributed by atoms with Crippen LogP contribution in [-0.4, -0.2) is 110 Å². The Balaban J connectivity index is 1.05. The maximum atomic E-state index is 14.5. The van der Waals surface area contributed by atoms with Crippen molar-refractivity contribution in [3.63, 3.8) is 0 Å². The molecule has 3 heterocycles. The number of benzene rings is 2. The number of halogens is 2. The first kappa shape index (κ1) is 32.9. The summed E-state index contributed by atoms with van der Waals surface area (Å²) in [5, 5.41) is 17.6. The van der Waals surface area contributed by atoms with Gasteiger partial charge < -0.3 is 36.0 Å². The number of nitrogens with zero attached hydrogens (tertiary/aromatic N) is 3. The first-order valence-corrected chi connectivity index (χ1v) is 16.5. The molecule has 2 aromatic rings. The van der Waals surface area contributed by atoms with E-state index < -0.39 is 6.04 Å². The number of carbonyl (C=O) groups excluding carboxylic acids is 1. The fourth-order valence-electron chi connectivity index (χ4n) is 6.67. The zero-order valence-corrected chi connectivity index (χ0v) is 26.6. The molecule has 3 atom stereocenters. The molecule has 0 radical (unpaired) electrons. The minimum atomic E-state index is -0.496. The van der Waals surface area contributed by atoms with Gasteiger partial charge in [-0.05, 0) is 81.1 Å². The fourth-order valence-corrected chi connectivity index (χ4v) is 6.86. The summed E-state index contributed by atoms with van der Waals surface area (Å²) >= 11 is 6.34. The molecule has 0 spiro atoms. The molecule has 3 aliphatic rings. The van der Waals surface area contributed by atoms with Gasteiger partial charge in [-0.3, -0.25) is 9.69 Å². The highest BCUT2D eigenvalue weighted by Crippen LogP contribution is 2.27. The van der Waals surface area contributed by atoms with Crippen LogP contribution in [0.1, 0.15) is 30.9 Å². The van der Waals surface area contributed by atoms with Crippen LogP contribution in [0, 0.1) is 17.7 Å². The summed E-state index contributed by atoms with van der Waals surface area (Å²) in [4.78, 5) is 19.8. The van der Waals surface area contributed by atoms with Gasteiger partial charge in [-0.25, -0.2) is 4.39 Å². The first-order valence-electron chi connectivity index (χ1n) is 16.1. The van der Waals surface area contributed by atoms with Crippen LogP contribution in [0.25, 0.3) is 0 Å². The van der Waals surface area contributed by atoms with Crippen molar-refractivity contribution in [2.75, 3.05) is 77.4 Å². The number of piperidine rings is 1. The third-order valence-corrected chi connectivity index (χ3v) is 9.73. The zero-order valence-electron chi connectivity index (χ0n) is 25.8. The molecule has 5 rings (SSSR count). The molecule has 5 N–H and O–H groups in total. The average molecular weight is 631 g/mol. The summed E-state index contributed by atoms with van der Waals surface area (Å²) in [6, 6.07) is 10.4. The van der Waals surface area contributed by atoms with Crippen LogP contribution in [0.3, 0.4) is 0 Å². The van der Waals surface area contributed by atoms with Crippen molar-refractivity contribution < 1.29 is 19.0 Å². The number of amides is 1. The van der Waals surface area contributed by atoms with E-state index in [1.54, 1.807) is 12.1 Å². The Morgan fingerprint density at radius 1 is 1.14 bits per heavy atom. The predicted octanol–water partition coefficient (Wildman–Crippen LogP) is 2.80. The number of hydrogen-bond donors (Lipinski definition) is 4. The summed E-state index contributed by atoms with van der Waals surface area (Å²) in [5.41, 5.74) is 9.38. The molecule has 0 unspecified atom stereocenters. The normalized spacial score (nSPS) is 22.7. The van der Waals surface area contributed by atoms with Crippen molar-refractivity contribution in [1.29, 1.82) is 0 Å². The molecule has 2 aromatic carbocycles. The number of hydrogen-bond acceptors (Lipinski definition) is 8. The van der Waals surface area contributed by atoms with Gasteiger partial charge in [0.05, 0.1) is 18.8 Å². The smallest absolute Gasteiger partial charge is 0.239 e. The van der Waals surface area contributed by atoms with Gasteiger partial charge in [-0.15, -0.1) is 0 Å². The van der Waals surface area contributed by atoms with Crippen molar-refractivity contribution in [1.82, 2.24) is 20.0 Å². The Hall–Kier alpha value is -2.47. The number of aliphatic hydroxyl groups excluding tert-OH is 1. The fraction of sp³-hybridized carbons (Fsp3) is 0.606. The topological polar surface area (TPSA) is 106 Å². The number of carbonyl (C=O) groups is 1. The van der Waals surface area contributed by atoms with Crippen molar-refractivity contribution in [3.05, 3.63) is 58.4 Å². The summed E-state index contributed by atoms with van der Waals surface area (Å²) in [5.74, 6) is 0.716. The highest BCUT2D eigenvalue weighted by atomic mass is 35.5. The number of piperazine rings is 1. The molecule has 0 saturated carbocycles. The quantitative estimate of drug-likeness (QED) is 0.284. The second-order valence-electron chi connectivity index (χ2n) is 12.4. The Morgan fingerprint density at radius 2 is 1.91 bits per heavy atom. The predicted molar refractivity (Wildman–Crippen MR) is 173 cm³/mol. The molecule has 0 aliphatic carbocycles. The van der Waals surface area contributed by atoms with Gasteiger partial charge >= 0.3 is 0 Å². The van der Waals surface area contributed by atoms with Crippen molar-refractivity contribution in [3.8, 4) is 5.75 Å². The van der Waals surface area contributed by atoms with Gasteiger partial charge in [0, 0.05) is 81.1 Å². The Labute approximate surface area is 265 Å². The second-order valence-corrected chi connectivity index (χ2v) is 12.8. The minimum Gasteiger partial charge on any atom is -0.493 e. The third kappa shape index (κ3) is 8.41. The standard InChI is InChI=1S/C33H48ClFN6O3/c1-2-44-31-5-3-4-28(35)27(31)22-40-14-16-41(17-15-40)33(43)32(36)23-8-11-39(12-9-23)13-10-24-18-26(34)6-7-29(24)38-20-25-19-37-21-30(25)42/h3-7,18,23,25,30,32,37-38,42H,2,8-17,19-22,36H2,1H3/t25-,30+,32+/m0/s1. The maximum Gasteiger partial charge on any atom is 0.239 e. The van der Waals surface area contributed by atoms with E-state index in [-0.39, 0.29) is 29.7 Å². The van der Waals surface area contributed by atoms with Crippen LogP contribution < -0.4 is 21.1 Å². The molecular weight excluding hydrogens is 583 g/mol. The molecule has 44 heavy (non-hydrogen) atoms. The highest BCUT2D eigenvalue weighted by Gasteiger charge is 2.33. The highest BCUT2D eigenvalue weighted by molar-refractivity contribution is 6.30. The summed E-state index contributed by atoms with van der Waals surface area (Å²) in [7, 11) is 0. The van der Waals surface area contributed by atoms with E-state index in [4.69, 9.17) is 22.1 Å². The number of likely N-dealkylation sites (tertiary alicyclic amines) is 1. The molecule has 3 fully saturated rings. The van der Waals surface area contributed by atoms with Gasteiger partial charge in [0.2, 0.25) is 5.91 Å². The maximum absolute atomic E-state index is 14.5. The first-order chi connectivity index (χ1) is 21.3. The van der Waals surface area contributed by atoms with Crippen LogP contribution in [0.2, 0.25) is 5.02 Å². The number of nitrogens with two attached hydrogens (primary N) is 1. The minimum absolute atomic E-state index is 0.0289. The van der Waals surface area contributed by atoms with Crippen LogP contribution in [0.15, 0.2) is 36.4 Å². The Kier molecular flexibility index (Phi) is 11.7. The Morgan fingerprint density at radius 3 is 2.61 bits per heavy atom. The molecule has 3 aliphatic heterocycles. The lowest BCUT2D eigenvalue weighted by Gasteiger charge is -2.39. The van der Waals surface area contributed by atoms with Crippen molar-refractivity contribution >= 4 is 23.2 Å². The summed E-state index contributed by atoms with van der Waals surface area (Å²) in [6.45, 7) is 10.3. The van der Waals surface area contributed by atoms with E-state index in [0.29, 0.717) is 57.2 Å². The monoisotopic (exact) mass is 630 g/mol. The molecule has 1 amide bonds. The van der Waals surface area contributed by atoms with Gasteiger partial charge in [0.15, 0.2) is 0 Å². The van der Waals surface area contributed by atoms with Gasteiger partial charge in [0.1, 0.15) is 11.6 Å². The molecule has 0 aromatic heterocycles. The van der Waals surface area contributed by atoms with Gasteiger partial charge in [0.25, 0.3) is 0 Å². The molecule has 3 saturated heterocycles. The third-order valence-electron chi connectivity index (χ3n) is 9.49. The number of anilines is 1. The van der Waals surface area contributed by atoms with E-state index in [0.717, 1.165) is 62.7 Å². The van der Waals surface area contributed by atoms with Crippen LogP contribution >= 0.6 is 11.6 Å². The molecule has 242 valence electrons. The lowest BCUT2D eigenvalue weighted by atomic mass is 9.88. The number of ether oxygens (including phenoxy) is 1. The zero-order chi connectivity index (χ0) is 31.1. The van der Waals surface area contributed by atoms with Crippen LogP contribution in [0.5, 0.6) is 5.75 Å². The number of rotatable bonds is 12. The number of nitrogens with one attached hydrogen (secondary N) is 2. The summed E-state index contributed by atoms with van der Waals surface area (Å²) < 4.78 is 20.2. The largest absolute Gasteiger partial charge is 0.493 e. The average Bonchev–Trinajstić information content (AvgIpc) is 3.45. The molecule has 9 nitrogen and oxygen atoms in total. The molecule has 0 bridgehead atoms. The van der Waals surface area contributed by atoms with E-state index >= 15 is 0 Å². The summed E-state index contributed by atoms with van der Waals surface area (Å²) in [6.07, 6.45) is 2.34. The van der Waals surface area contributed by atoms with Crippen molar-refractivity contribution in [2.45, 2.75) is 44.9 Å². The van der Waals surface area contributed by atoms with Crippen molar-refractivity contribution in [2.24, 2.45) is 17.6 Å². The lowest BCUT2D eigenvalue weighted by Crippen LogP contribution is -2.55.